The van der Waals surface area contributed by atoms with Gasteiger partial charge in [0.15, 0.2) is 5.13 Å². The molecule has 1 aromatic carbocycles. The number of carbonyl (C=O) groups is 1. The Morgan fingerprint density at radius 3 is 2.64 bits per heavy atom. The number of hydrogen-bond donors (Lipinski definition) is 1. The summed E-state index contributed by atoms with van der Waals surface area (Å²) >= 11 is 1.48. The topological polar surface area (TPSA) is 48.5 Å². The molecule has 0 aliphatic carbocycles. The Kier molecular flexibility index (Phi) is 5.53. The molecule has 2 aromatic rings. The van der Waals surface area contributed by atoms with Crippen LogP contribution in [0.1, 0.15) is 30.8 Å². The van der Waals surface area contributed by atoms with Gasteiger partial charge in [0.05, 0.1) is 5.69 Å². The Morgan fingerprint density at radius 2 is 1.96 bits per heavy atom. The Labute approximate surface area is 151 Å². The summed E-state index contributed by atoms with van der Waals surface area (Å²) in [6.45, 7) is 6.99. The van der Waals surface area contributed by atoms with Crippen LogP contribution in [0.4, 0.5) is 15.2 Å². The minimum absolute atomic E-state index is 0.123. The number of carbonyl (C=O) groups excluding carboxylic acids is 1. The SMILES string of the molecule is CCC(C)NC(=O)c1csc(N2CCN(c3ccccc3F)CC2)n1. The number of benzene rings is 1. The van der Waals surface area contributed by atoms with Crippen molar-refractivity contribution in [1.29, 1.82) is 0 Å². The van der Waals surface area contributed by atoms with Gasteiger partial charge in [-0.2, -0.15) is 0 Å². The monoisotopic (exact) mass is 362 g/mol. The minimum atomic E-state index is -0.186. The molecule has 0 bridgehead atoms. The van der Waals surface area contributed by atoms with Crippen molar-refractivity contribution in [3.63, 3.8) is 0 Å². The Bertz CT molecular complexity index is 727. The predicted molar refractivity (Wildman–Crippen MR) is 100 cm³/mol. The van der Waals surface area contributed by atoms with E-state index < -0.39 is 0 Å². The third-order valence-electron chi connectivity index (χ3n) is 4.46. The summed E-state index contributed by atoms with van der Waals surface area (Å²) in [6.07, 6.45) is 0.890. The first kappa shape index (κ1) is 17.7. The van der Waals surface area contributed by atoms with Crippen LogP contribution >= 0.6 is 11.3 Å². The number of amides is 1. The first-order valence-electron chi connectivity index (χ1n) is 8.59. The molecule has 1 amide bonds. The highest BCUT2D eigenvalue weighted by molar-refractivity contribution is 7.13. The van der Waals surface area contributed by atoms with Crippen LogP contribution in [-0.4, -0.2) is 43.1 Å². The maximum atomic E-state index is 13.9. The zero-order valence-electron chi connectivity index (χ0n) is 14.5. The first-order valence-corrected chi connectivity index (χ1v) is 9.47. The number of thiazole rings is 1. The largest absolute Gasteiger partial charge is 0.366 e. The molecule has 3 rings (SSSR count). The van der Waals surface area contributed by atoms with Gasteiger partial charge in [-0.1, -0.05) is 19.1 Å². The molecular weight excluding hydrogens is 339 g/mol. The number of nitrogens with one attached hydrogen (secondary N) is 1. The molecule has 7 heteroatoms. The average molecular weight is 362 g/mol. The van der Waals surface area contributed by atoms with Crippen LogP contribution in [-0.2, 0) is 0 Å². The van der Waals surface area contributed by atoms with Crippen LogP contribution in [0.3, 0.4) is 0 Å². The molecule has 1 N–H and O–H groups in total. The van der Waals surface area contributed by atoms with Gasteiger partial charge in [0.1, 0.15) is 11.5 Å². The van der Waals surface area contributed by atoms with Gasteiger partial charge in [-0.05, 0) is 25.5 Å². The maximum absolute atomic E-state index is 13.9. The van der Waals surface area contributed by atoms with E-state index in [-0.39, 0.29) is 17.8 Å². The molecule has 0 spiro atoms. The number of rotatable bonds is 5. The third kappa shape index (κ3) is 4.10. The smallest absolute Gasteiger partial charge is 0.271 e. The number of piperazine rings is 1. The van der Waals surface area contributed by atoms with E-state index in [0.29, 0.717) is 11.4 Å². The van der Waals surface area contributed by atoms with Crippen LogP contribution in [0.5, 0.6) is 0 Å². The second kappa shape index (κ2) is 7.82. The Morgan fingerprint density at radius 1 is 1.28 bits per heavy atom. The van der Waals surface area contributed by atoms with Crippen LogP contribution in [0.15, 0.2) is 29.6 Å². The second-order valence-electron chi connectivity index (χ2n) is 6.22. The zero-order valence-corrected chi connectivity index (χ0v) is 15.4. The lowest BCUT2D eigenvalue weighted by molar-refractivity contribution is 0.0935. The fourth-order valence-corrected chi connectivity index (χ4v) is 3.62. The van der Waals surface area contributed by atoms with Crippen molar-refractivity contribution in [2.45, 2.75) is 26.3 Å². The van der Waals surface area contributed by atoms with Crippen molar-refractivity contribution in [3.8, 4) is 0 Å². The average Bonchev–Trinajstić information content (AvgIpc) is 3.12. The van der Waals surface area contributed by atoms with Crippen LogP contribution in [0.2, 0.25) is 0 Å². The molecule has 25 heavy (non-hydrogen) atoms. The second-order valence-corrected chi connectivity index (χ2v) is 7.06. The van der Waals surface area contributed by atoms with Gasteiger partial charge in [0, 0.05) is 37.6 Å². The lowest BCUT2D eigenvalue weighted by Crippen LogP contribution is -2.46. The van der Waals surface area contributed by atoms with E-state index in [1.54, 1.807) is 11.4 Å². The van der Waals surface area contributed by atoms with Gasteiger partial charge < -0.3 is 15.1 Å². The summed E-state index contributed by atoms with van der Waals surface area (Å²) in [4.78, 5) is 20.8. The Balaban J connectivity index is 1.60. The Hall–Kier alpha value is -2.15. The maximum Gasteiger partial charge on any atom is 0.271 e. The van der Waals surface area contributed by atoms with E-state index in [2.05, 4.69) is 20.1 Å². The highest BCUT2D eigenvalue weighted by Gasteiger charge is 2.22. The molecule has 134 valence electrons. The summed E-state index contributed by atoms with van der Waals surface area (Å²) in [7, 11) is 0. The van der Waals surface area contributed by atoms with Crippen molar-refractivity contribution in [3.05, 3.63) is 41.2 Å². The van der Waals surface area contributed by atoms with Gasteiger partial charge >= 0.3 is 0 Å². The number of anilines is 2. The summed E-state index contributed by atoms with van der Waals surface area (Å²) < 4.78 is 13.9. The minimum Gasteiger partial charge on any atom is -0.366 e. The lowest BCUT2D eigenvalue weighted by Gasteiger charge is -2.36. The van der Waals surface area contributed by atoms with E-state index >= 15 is 0 Å². The highest BCUT2D eigenvalue weighted by Crippen LogP contribution is 2.25. The number of para-hydroxylation sites is 1. The fourth-order valence-electron chi connectivity index (χ4n) is 2.76. The van der Waals surface area contributed by atoms with Crippen molar-refractivity contribution in [1.82, 2.24) is 10.3 Å². The first-order chi connectivity index (χ1) is 12.1. The van der Waals surface area contributed by atoms with E-state index in [1.807, 2.05) is 26.0 Å². The number of halogens is 1. The molecule has 1 saturated heterocycles. The molecule has 5 nitrogen and oxygen atoms in total. The van der Waals surface area contributed by atoms with Crippen molar-refractivity contribution >= 4 is 28.1 Å². The zero-order chi connectivity index (χ0) is 17.8. The molecule has 2 heterocycles. The van der Waals surface area contributed by atoms with E-state index in [9.17, 15) is 9.18 Å². The van der Waals surface area contributed by atoms with Gasteiger partial charge in [0.2, 0.25) is 0 Å². The summed E-state index contributed by atoms with van der Waals surface area (Å²) in [5.41, 5.74) is 1.12. The van der Waals surface area contributed by atoms with Crippen LogP contribution in [0, 0.1) is 5.82 Å². The number of nitrogens with zero attached hydrogens (tertiary/aromatic N) is 3. The summed E-state index contributed by atoms with van der Waals surface area (Å²) in [5.74, 6) is -0.309. The fraction of sp³-hybridized carbons (Fsp3) is 0.444. The van der Waals surface area contributed by atoms with Crippen LogP contribution < -0.4 is 15.1 Å². The quantitative estimate of drug-likeness (QED) is 0.888. The standard InChI is InChI=1S/C18H23FN4OS/c1-3-13(2)20-17(24)15-12-25-18(21-15)23-10-8-22(9-11-23)16-7-5-4-6-14(16)19/h4-7,12-13H,3,8-11H2,1-2H3,(H,20,24). The third-order valence-corrected chi connectivity index (χ3v) is 5.36. The summed E-state index contributed by atoms with van der Waals surface area (Å²) in [6, 6.07) is 7.00. The predicted octanol–water partition coefficient (Wildman–Crippen LogP) is 3.14. The number of hydrogen-bond acceptors (Lipinski definition) is 5. The van der Waals surface area contributed by atoms with E-state index in [4.69, 9.17) is 0 Å². The van der Waals surface area contributed by atoms with Gasteiger partial charge in [-0.15, -0.1) is 11.3 Å². The molecule has 1 fully saturated rings. The molecule has 1 aromatic heterocycles. The number of aromatic nitrogens is 1. The molecule has 1 unspecified atom stereocenters. The van der Waals surface area contributed by atoms with Crippen molar-refractivity contribution in [2.75, 3.05) is 36.0 Å². The molecule has 1 aliphatic heterocycles. The molecule has 1 aliphatic rings. The molecule has 0 saturated carbocycles. The lowest BCUT2D eigenvalue weighted by atomic mass is 10.2. The molecule has 0 radical (unpaired) electrons. The molecular formula is C18H23FN4OS. The van der Waals surface area contributed by atoms with Gasteiger partial charge in [-0.25, -0.2) is 9.37 Å². The summed E-state index contributed by atoms with van der Waals surface area (Å²) in [5, 5.41) is 5.59. The normalized spacial score (nSPS) is 16.0. The van der Waals surface area contributed by atoms with Crippen molar-refractivity contribution < 1.29 is 9.18 Å². The van der Waals surface area contributed by atoms with E-state index in [0.717, 1.165) is 37.7 Å². The van der Waals surface area contributed by atoms with E-state index in [1.165, 1.54) is 17.4 Å². The molecule has 1 atom stereocenters. The highest BCUT2D eigenvalue weighted by atomic mass is 32.1. The van der Waals surface area contributed by atoms with Crippen molar-refractivity contribution in [2.24, 2.45) is 0 Å². The van der Waals surface area contributed by atoms with Crippen LogP contribution in [0.25, 0.3) is 0 Å². The van der Waals surface area contributed by atoms with Gasteiger partial charge in [-0.3, -0.25) is 4.79 Å². The van der Waals surface area contributed by atoms with Gasteiger partial charge in [0.25, 0.3) is 5.91 Å².